The van der Waals surface area contributed by atoms with E-state index >= 15 is 0 Å². The van der Waals surface area contributed by atoms with Gasteiger partial charge in [0, 0.05) is 0 Å². The lowest BCUT2D eigenvalue weighted by molar-refractivity contribution is 0.349. The van der Waals surface area contributed by atoms with E-state index in [2.05, 4.69) is 49.4 Å². The fourth-order valence-corrected chi connectivity index (χ4v) is 3.18. The number of hydrogen-bond acceptors (Lipinski definition) is 0. The number of fused-ring (bicyclic) bond motifs is 1. The summed E-state index contributed by atoms with van der Waals surface area (Å²) in [5.74, 6) is 1.72. The van der Waals surface area contributed by atoms with Crippen LogP contribution in [0, 0.1) is 5.92 Å². The standard InChI is InChI=1S/C17H20/c1-13-9-11-15(12-10-13)17-8-4-6-14-5-2-3-7-16(14)17/h2-8,13,15H,9-12H2,1H3. The van der Waals surface area contributed by atoms with Crippen LogP contribution in [0.1, 0.15) is 44.1 Å². The first kappa shape index (κ1) is 10.8. The van der Waals surface area contributed by atoms with Gasteiger partial charge in [-0.25, -0.2) is 0 Å². The average molecular weight is 224 g/mol. The summed E-state index contributed by atoms with van der Waals surface area (Å²) >= 11 is 0. The van der Waals surface area contributed by atoms with Gasteiger partial charge in [0.25, 0.3) is 0 Å². The lowest BCUT2D eigenvalue weighted by Gasteiger charge is -2.27. The van der Waals surface area contributed by atoms with E-state index < -0.39 is 0 Å². The third-order valence-electron chi connectivity index (χ3n) is 4.28. The molecule has 0 saturated heterocycles. The van der Waals surface area contributed by atoms with Crippen LogP contribution < -0.4 is 0 Å². The minimum atomic E-state index is 0.789. The zero-order valence-electron chi connectivity index (χ0n) is 10.5. The Bertz CT molecular complexity index is 499. The van der Waals surface area contributed by atoms with Crippen molar-refractivity contribution < 1.29 is 0 Å². The van der Waals surface area contributed by atoms with Gasteiger partial charge in [-0.2, -0.15) is 0 Å². The van der Waals surface area contributed by atoms with Crippen LogP contribution in [0.15, 0.2) is 42.5 Å². The Labute approximate surface area is 104 Å². The molecule has 1 aliphatic carbocycles. The summed E-state index contributed by atoms with van der Waals surface area (Å²) in [7, 11) is 0. The van der Waals surface area contributed by atoms with Crippen molar-refractivity contribution in [3.63, 3.8) is 0 Å². The molecule has 1 fully saturated rings. The highest BCUT2D eigenvalue weighted by Crippen LogP contribution is 2.38. The predicted octanol–water partition coefficient (Wildman–Crippen LogP) is 5.13. The fraction of sp³-hybridized carbons (Fsp3) is 0.412. The van der Waals surface area contributed by atoms with Crippen LogP contribution in [0.3, 0.4) is 0 Å². The molecule has 2 aromatic carbocycles. The van der Waals surface area contributed by atoms with Crippen LogP contribution in [-0.2, 0) is 0 Å². The first-order valence-corrected chi connectivity index (χ1v) is 6.82. The highest BCUT2D eigenvalue weighted by Gasteiger charge is 2.20. The summed E-state index contributed by atoms with van der Waals surface area (Å²) in [5.41, 5.74) is 1.58. The van der Waals surface area contributed by atoms with Crippen LogP contribution >= 0.6 is 0 Å². The average Bonchev–Trinajstić information content (AvgIpc) is 2.39. The van der Waals surface area contributed by atoms with Crippen molar-refractivity contribution in [1.29, 1.82) is 0 Å². The maximum absolute atomic E-state index is 2.39. The molecule has 17 heavy (non-hydrogen) atoms. The molecule has 1 aliphatic rings. The lowest BCUT2D eigenvalue weighted by Crippen LogP contribution is -2.11. The zero-order chi connectivity index (χ0) is 11.7. The first-order chi connectivity index (χ1) is 8.34. The maximum atomic E-state index is 2.39. The minimum absolute atomic E-state index is 0.789. The second kappa shape index (κ2) is 4.52. The van der Waals surface area contributed by atoms with Gasteiger partial charge in [-0.1, -0.05) is 62.2 Å². The quantitative estimate of drug-likeness (QED) is 0.629. The molecule has 2 aromatic rings. The SMILES string of the molecule is CC1CCC(c2cccc3ccccc23)CC1. The monoisotopic (exact) mass is 224 g/mol. The van der Waals surface area contributed by atoms with E-state index in [0.29, 0.717) is 0 Å². The second-order valence-corrected chi connectivity index (χ2v) is 5.53. The molecular weight excluding hydrogens is 204 g/mol. The molecule has 3 rings (SSSR count). The zero-order valence-corrected chi connectivity index (χ0v) is 10.5. The molecule has 0 aliphatic heterocycles. The molecule has 88 valence electrons. The van der Waals surface area contributed by atoms with Crippen molar-refractivity contribution >= 4 is 10.8 Å². The highest BCUT2D eigenvalue weighted by atomic mass is 14.3. The van der Waals surface area contributed by atoms with Gasteiger partial charge in [-0.3, -0.25) is 0 Å². The van der Waals surface area contributed by atoms with Crippen LogP contribution in [0.2, 0.25) is 0 Å². The molecule has 0 unspecified atom stereocenters. The van der Waals surface area contributed by atoms with Gasteiger partial charge < -0.3 is 0 Å². The van der Waals surface area contributed by atoms with Crippen LogP contribution in [-0.4, -0.2) is 0 Å². The molecule has 0 amide bonds. The summed E-state index contributed by atoms with van der Waals surface area (Å²) in [6, 6.07) is 15.6. The molecule has 0 bridgehead atoms. The maximum Gasteiger partial charge on any atom is -0.0149 e. The number of hydrogen-bond donors (Lipinski definition) is 0. The fourth-order valence-electron chi connectivity index (χ4n) is 3.18. The summed E-state index contributed by atoms with van der Waals surface area (Å²) < 4.78 is 0. The van der Waals surface area contributed by atoms with Gasteiger partial charge in [-0.05, 0) is 41.0 Å². The van der Waals surface area contributed by atoms with Gasteiger partial charge in [-0.15, -0.1) is 0 Å². The summed E-state index contributed by atoms with van der Waals surface area (Å²) in [4.78, 5) is 0. The molecule has 0 radical (unpaired) electrons. The third kappa shape index (κ3) is 2.09. The Morgan fingerprint density at radius 3 is 2.35 bits per heavy atom. The smallest absolute Gasteiger partial charge is 0.0149 e. The van der Waals surface area contributed by atoms with Crippen molar-refractivity contribution in [3.05, 3.63) is 48.0 Å². The Morgan fingerprint density at radius 1 is 0.824 bits per heavy atom. The first-order valence-electron chi connectivity index (χ1n) is 6.82. The van der Waals surface area contributed by atoms with E-state index in [0.717, 1.165) is 11.8 Å². The van der Waals surface area contributed by atoms with Gasteiger partial charge in [0.15, 0.2) is 0 Å². The normalized spacial score (nSPS) is 25.0. The Kier molecular flexibility index (Phi) is 2.88. The molecule has 0 N–H and O–H groups in total. The van der Waals surface area contributed by atoms with Gasteiger partial charge in [0.1, 0.15) is 0 Å². The predicted molar refractivity (Wildman–Crippen MR) is 74.3 cm³/mol. The van der Waals surface area contributed by atoms with E-state index in [4.69, 9.17) is 0 Å². The summed E-state index contributed by atoms with van der Waals surface area (Å²) in [5, 5.41) is 2.86. The Hall–Kier alpha value is -1.30. The number of rotatable bonds is 1. The van der Waals surface area contributed by atoms with Crippen molar-refractivity contribution in [1.82, 2.24) is 0 Å². The molecule has 0 nitrogen and oxygen atoms in total. The second-order valence-electron chi connectivity index (χ2n) is 5.53. The third-order valence-corrected chi connectivity index (χ3v) is 4.28. The summed E-state index contributed by atoms with van der Waals surface area (Å²) in [6.45, 7) is 2.39. The molecular formula is C17H20. The largest absolute Gasteiger partial charge is 0.0625 e. The Morgan fingerprint density at radius 2 is 1.53 bits per heavy atom. The van der Waals surface area contributed by atoms with Gasteiger partial charge in [0.05, 0.1) is 0 Å². The van der Waals surface area contributed by atoms with Crippen molar-refractivity contribution in [2.45, 2.75) is 38.5 Å². The van der Waals surface area contributed by atoms with Gasteiger partial charge in [0.2, 0.25) is 0 Å². The topological polar surface area (TPSA) is 0 Å². The Balaban J connectivity index is 2.00. The minimum Gasteiger partial charge on any atom is -0.0625 e. The van der Waals surface area contributed by atoms with E-state index in [1.54, 1.807) is 5.56 Å². The number of benzene rings is 2. The van der Waals surface area contributed by atoms with Crippen molar-refractivity contribution in [3.8, 4) is 0 Å². The van der Waals surface area contributed by atoms with E-state index in [-0.39, 0.29) is 0 Å². The highest BCUT2D eigenvalue weighted by molar-refractivity contribution is 5.86. The van der Waals surface area contributed by atoms with Crippen LogP contribution in [0.25, 0.3) is 10.8 Å². The molecule has 0 spiro atoms. The lowest BCUT2D eigenvalue weighted by atomic mass is 9.78. The molecule has 0 heteroatoms. The van der Waals surface area contributed by atoms with Crippen molar-refractivity contribution in [2.24, 2.45) is 5.92 Å². The van der Waals surface area contributed by atoms with E-state index in [9.17, 15) is 0 Å². The molecule has 1 saturated carbocycles. The van der Waals surface area contributed by atoms with Crippen LogP contribution in [0.5, 0.6) is 0 Å². The molecule has 0 atom stereocenters. The van der Waals surface area contributed by atoms with E-state index in [1.165, 1.54) is 36.5 Å². The summed E-state index contributed by atoms with van der Waals surface area (Å²) in [6.07, 6.45) is 5.53. The molecule has 0 aromatic heterocycles. The van der Waals surface area contributed by atoms with Gasteiger partial charge >= 0.3 is 0 Å². The molecule has 0 heterocycles. The van der Waals surface area contributed by atoms with Crippen LogP contribution in [0.4, 0.5) is 0 Å². The van der Waals surface area contributed by atoms with Crippen molar-refractivity contribution in [2.75, 3.05) is 0 Å². The van der Waals surface area contributed by atoms with E-state index in [1.807, 2.05) is 0 Å².